The second kappa shape index (κ2) is 4.43. The van der Waals surface area contributed by atoms with Gasteiger partial charge in [0.05, 0.1) is 0 Å². The van der Waals surface area contributed by atoms with E-state index < -0.39 is 0 Å². The normalized spacial score (nSPS) is 27.5. The summed E-state index contributed by atoms with van der Waals surface area (Å²) in [6, 6.07) is 0. The molecule has 2 heteroatoms. The van der Waals surface area contributed by atoms with Gasteiger partial charge in [0.2, 0.25) is 0 Å². The fraction of sp³-hybridized carbons (Fsp3) is 1.00. The molecule has 0 bridgehead atoms. The molecule has 0 atom stereocenters. The van der Waals surface area contributed by atoms with E-state index in [0.717, 1.165) is 11.8 Å². The van der Waals surface area contributed by atoms with Gasteiger partial charge in [-0.2, -0.15) is 0 Å². The number of hydrogen-bond donors (Lipinski definition) is 1. The van der Waals surface area contributed by atoms with Crippen LogP contribution in [0.2, 0.25) is 0 Å². The highest BCUT2D eigenvalue weighted by Gasteiger charge is 2.21. The van der Waals surface area contributed by atoms with Gasteiger partial charge in [-0.25, -0.2) is 0 Å². The molecule has 0 saturated carbocycles. The van der Waals surface area contributed by atoms with Crippen LogP contribution < -0.4 is 5.32 Å². The molecule has 0 unspecified atom stereocenters. The Morgan fingerprint density at radius 2 is 1.69 bits per heavy atom. The summed E-state index contributed by atoms with van der Waals surface area (Å²) in [6.45, 7) is 5.22. The SMILES string of the molecule is CN1CCC(CCC2CNC2)CC1. The molecular formula is C11H22N2. The van der Waals surface area contributed by atoms with E-state index in [9.17, 15) is 0 Å². The van der Waals surface area contributed by atoms with Crippen LogP contribution >= 0.6 is 0 Å². The summed E-state index contributed by atoms with van der Waals surface area (Å²) in [5.41, 5.74) is 0. The van der Waals surface area contributed by atoms with E-state index in [1.165, 1.54) is 51.9 Å². The summed E-state index contributed by atoms with van der Waals surface area (Å²) >= 11 is 0. The topological polar surface area (TPSA) is 15.3 Å². The van der Waals surface area contributed by atoms with Crippen molar-refractivity contribution in [2.24, 2.45) is 11.8 Å². The second-order valence-corrected chi connectivity index (χ2v) is 4.85. The zero-order chi connectivity index (χ0) is 9.10. The first kappa shape index (κ1) is 9.47. The first-order valence-electron chi connectivity index (χ1n) is 5.74. The van der Waals surface area contributed by atoms with Crippen LogP contribution in [0.3, 0.4) is 0 Å². The molecule has 0 amide bonds. The molecule has 0 radical (unpaired) electrons. The Labute approximate surface area is 81.7 Å². The molecule has 2 rings (SSSR count). The average Bonchev–Trinajstić information content (AvgIpc) is 2.05. The Balaban J connectivity index is 1.59. The highest BCUT2D eigenvalue weighted by Crippen LogP contribution is 2.24. The smallest absolute Gasteiger partial charge is 0.000825 e. The fourth-order valence-electron chi connectivity index (χ4n) is 2.37. The summed E-state index contributed by atoms with van der Waals surface area (Å²) in [5, 5.41) is 3.35. The first-order chi connectivity index (χ1) is 6.34. The van der Waals surface area contributed by atoms with Crippen LogP contribution in [-0.4, -0.2) is 38.1 Å². The number of hydrogen-bond acceptors (Lipinski definition) is 2. The lowest BCUT2D eigenvalue weighted by molar-refractivity contribution is 0.196. The van der Waals surface area contributed by atoms with Crippen LogP contribution in [0.1, 0.15) is 25.7 Å². The molecule has 2 fully saturated rings. The van der Waals surface area contributed by atoms with Crippen LogP contribution in [0.5, 0.6) is 0 Å². The van der Waals surface area contributed by atoms with E-state index in [4.69, 9.17) is 0 Å². The third kappa shape index (κ3) is 2.68. The maximum Gasteiger partial charge on any atom is -0.000825 e. The molecule has 1 N–H and O–H groups in total. The summed E-state index contributed by atoms with van der Waals surface area (Å²) < 4.78 is 0. The highest BCUT2D eigenvalue weighted by atomic mass is 15.1. The third-order valence-electron chi connectivity index (χ3n) is 3.69. The zero-order valence-corrected chi connectivity index (χ0v) is 8.76. The van der Waals surface area contributed by atoms with Gasteiger partial charge in [0, 0.05) is 0 Å². The Morgan fingerprint density at radius 3 is 2.23 bits per heavy atom. The van der Waals surface area contributed by atoms with Crippen molar-refractivity contribution in [1.82, 2.24) is 10.2 Å². The van der Waals surface area contributed by atoms with Gasteiger partial charge in [-0.05, 0) is 70.7 Å². The predicted molar refractivity (Wildman–Crippen MR) is 55.8 cm³/mol. The summed E-state index contributed by atoms with van der Waals surface area (Å²) in [6.07, 6.45) is 5.84. The van der Waals surface area contributed by atoms with E-state index in [-0.39, 0.29) is 0 Å². The van der Waals surface area contributed by atoms with E-state index in [1.54, 1.807) is 0 Å². The van der Waals surface area contributed by atoms with Crippen molar-refractivity contribution in [1.29, 1.82) is 0 Å². The Kier molecular flexibility index (Phi) is 3.23. The number of nitrogens with one attached hydrogen (secondary N) is 1. The zero-order valence-electron chi connectivity index (χ0n) is 8.76. The second-order valence-electron chi connectivity index (χ2n) is 4.85. The monoisotopic (exact) mass is 182 g/mol. The summed E-state index contributed by atoms with van der Waals surface area (Å²) in [5.74, 6) is 2.05. The van der Waals surface area contributed by atoms with Gasteiger partial charge in [0.15, 0.2) is 0 Å². The van der Waals surface area contributed by atoms with Gasteiger partial charge in [-0.15, -0.1) is 0 Å². The van der Waals surface area contributed by atoms with Gasteiger partial charge >= 0.3 is 0 Å². The van der Waals surface area contributed by atoms with E-state index in [1.807, 2.05) is 0 Å². The van der Waals surface area contributed by atoms with Gasteiger partial charge in [0.1, 0.15) is 0 Å². The highest BCUT2D eigenvalue weighted by molar-refractivity contribution is 4.77. The minimum atomic E-state index is 1.01. The minimum absolute atomic E-state index is 1.01. The van der Waals surface area contributed by atoms with Crippen molar-refractivity contribution >= 4 is 0 Å². The third-order valence-corrected chi connectivity index (χ3v) is 3.69. The van der Waals surface area contributed by atoms with Crippen LogP contribution in [0, 0.1) is 11.8 Å². The van der Waals surface area contributed by atoms with Crippen molar-refractivity contribution in [3.8, 4) is 0 Å². The number of nitrogens with zero attached hydrogens (tertiary/aromatic N) is 1. The quantitative estimate of drug-likeness (QED) is 0.708. The molecule has 2 saturated heterocycles. The van der Waals surface area contributed by atoms with E-state index in [0.29, 0.717) is 0 Å². The molecule has 0 spiro atoms. The van der Waals surface area contributed by atoms with Crippen LogP contribution in [-0.2, 0) is 0 Å². The van der Waals surface area contributed by atoms with Gasteiger partial charge < -0.3 is 10.2 Å². The molecular weight excluding hydrogens is 160 g/mol. The molecule has 0 aromatic rings. The van der Waals surface area contributed by atoms with Crippen LogP contribution in [0.15, 0.2) is 0 Å². The lowest BCUT2D eigenvalue weighted by Crippen LogP contribution is -2.42. The molecule has 2 nitrogen and oxygen atoms in total. The predicted octanol–water partition coefficient (Wildman–Crippen LogP) is 1.33. The lowest BCUT2D eigenvalue weighted by Gasteiger charge is -2.32. The van der Waals surface area contributed by atoms with Crippen LogP contribution in [0.25, 0.3) is 0 Å². The molecule has 0 aromatic heterocycles. The number of piperidine rings is 1. The maximum absolute atomic E-state index is 3.35. The largest absolute Gasteiger partial charge is 0.316 e. The van der Waals surface area contributed by atoms with Gasteiger partial charge in [0.25, 0.3) is 0 Å². The van der Waals surface area contributed by atoms with Crippen molar-refractivity contribution in [2.75, 3.05) is 33.2 Å². The average molecular weight is 182 g/mol. The van der Waals surface area contributed by atoms with Crippen molar-refractivity contribution in [3.63, 3.8) is 0 Å². The van der Waals surface area contributed by atoms with E-state index >= 15 is 0 Å². The molecule has 76 valence electrons. The molecule has 2 aliphatic heterocycles. The molecule has 2 heterocycles. The maximum atomic E-state index is 3.35. The van der Waals surface area contributed by atoms with Gasteiger partial charge in [-0.1, -0.05) is 0 Å². The fourth-order valence-corrected chi connectivity index (χ4v) is 2.37. The van der Waals surface area contributed by atoms with Gasteiger partial charge in [-0.3, -0.25) is 0 Å². The standard InChI is InChI=1S/C11H22N2/c1-13-6-4-10(5-7-13)2-3-11-8-12-9-11/h10-12H,2-9H2,1H3. The molecule has 2 aliphatic rings. The van der Waals surface area contributed by atoms with Crippen molar-refractivity contribution in [2.45, 2.75) is 25.7 Å². The summed E-state index contributed by atoms with van der Waals surface area (Å²) in [4.78, 5) is 2.46. The van der Waals surface area contributed by atoms with Crippen molar-refractivity contribution < 1.29 is 0 Å². The van der Waals surface area contributed by atoms with E-state index in [2.05, 4.69) is 17.3 Å². The minimum Gasteiger partial charge on any atom is -0.316 e. The molecule has 13 heavy (non-hydrogen) atoms. The first-order valence-corrected chi connectivity index (χ1v) is 5.74. The number of rotatable bonds is 3. The summed E-state index contributed by atoms with van der Waals surface area (Å²) in [7, 11) is 2.24. The lowest BCUT2D eigenvalue weighted by atomic mass is 9.87. The van der Waals surface area contributed by atoms with Crippen LogP contribution in [0.4, 0.5) is 0 Å². The number of likely N-dealkylation sites (tertiary alicyclic amines) is 1. The molecule has 0 aromatic carbocycles. The van der Waals surface area contributed by atoms with Crippen molar-refractivity contribution in [3.05, 3.63) is 0 Å². The Hall–Kier alpha value is -0.0800. The Morgan fingerprint density at radius 1 is 1.08 bits per heavy atom. The molecule has 0 aliphatic carbocycles. The Bertz CT molecular complexity index is 146.